The minimum absolute atomic E-state index is 0.0267. The van der Waals surface area contributed by atoms with Crippen molar-refractivity contribution in [2.45, 2.75) is 58.8 Å². The van der Waals surface area contributed by atoms with Crippen LogP contribution in [0, 0.1) is 5.92 Å². The monoisotopic (exact) mass is 537 g/mol. The first-order chi connectivity index (χ1) is 18.0. The van der Waals surface area contributed by atoms with Gasteiger partial charge >= 0.3 is 12.7 Å². The van der Waals surface area contributed by atoms with Gasteiger partial charge in [0.05, 0.1) is 25.9 Å². The van der Waals surface area contributed by atoms with E-state index in [2.05, 4.69) is 15.0 Å². The zero-order valence-corrected chi connectivity index (χ0v) is 21.9. The normalized spacial score (nSPS) is 16.8. The summed E-state index contributed by atoms with van der Waals surface area (Å²) in [5, 5.41) is 2.68. The summed E-state index contributed by atoms with van der Waals surface area (Å²) in [6.45, 7) is 5.77. The number of alkyl halides is 2. The third kappa shape index (κ3) is 7.33. The molecule has 2 heterocycles. The molecular formula is C26H33F2N3O7. The average molecular weight is 538 g/mol. The quantitative estimate of drug-likeness (QED) is 0.486. The van der Waals surface area contributed by atoms with E-state index in [9.17, 15) is 18.4 Å². The van der Waals surface area contributed by atoms with Crippen molar-refractivity contribution < 1.29 is 41.7 Å². The van der Waals surface area contributed by atoms with Crippen LogP contribution in [0.4, 0.5) is 13.6 Å². The van der Waals surface area contributed by atoms with Crippen LogP contribution in [0.1, 0.15) is 62.8 Å². The van der Waals surface area contributed by atoms with Gasteiger partial charge in [-0.2, -0.15) is 8.78 Å². The Hall–Kier alpha value is -3.41. The number of benzene rings is 1. The van der Waals surface area contributed by atoms with Crippen LogP contribution in [0.25, 0.3) is 11.5 Å². The molecule has 1 aliphatic heterocycles. The predicted octanol–water partition coefficient (Wildman–Crippen LogP) is 4.79. The van der Waals surface area contributed by atoms with Gasteiger partial charge in [-0.3, -0.25) is 4.79 Å². The van der Waals surface area contributed by atoms with E-state index >= 15 is 0 Å². The zero-order valence-electron chi connectivity index (χ0n) is 21.9. The first-order valence-corrected chi connectivity index (χ1v) is 12.6. The van der Waals surface area contributed by atoms with Gasteiger partial charge in [-0.25, -0.2) is 9.78 Å². The Morgan fingerprint density at radius 1 is 1.18 bits per heavy atom. The molecule has 4 rings (SSSR count). The van der Waals surface area contributed by atoms with Crippen molar-refractivity contribution in [2.24, 2.45) is 5.92 Å². The number of halogens is 2. The minimum atomic E-state index is -3.02. The highest BCUT2D eigenvalue weighted by atomic mass is 19.3. The number of morpholine rings is 1. The lowest BCUT2D eigenvalue weighted by Crippen LogP contribution is -2.41. The molecule has 2 fully saturated rings. The molecule has 1 saturated heterocycles. The van der Waals surface area contributed by atoms with Crippen LogP contribution < -0.4 is 14.8 Å². The molecule has 1 N–H and O–H groups in total. The summed E-state index contributed by atoms with van der Waals surface area (Å²) in [5.74, 6) is 0.212. The molecule has 0 spiro atoms. The van der Waals surface area contributed by atoms with Gasteiger partial charge in [0, 0.05) is 18.7 Å². The molecule has 1 atom stereocenters. The van der Waals surface area contributed by atoms with E-state index in [1.54, 1.807) is 32.6 Å². The fourth-order valence-corrected chi connectivity index (χ4v) is 3.81. The second-order valence-corrected chi connectivity index (χ2v) is 10.3. The van der Waals surface area contributed by atoms with E-state index in [-0.39, 0.29) is 34.8 Å². The fraction of sp³-hybridized carbons (Fsp3) is 0.577. The van der Waals surface area contributed by atoms with Crippen molar-refractivity contribution >= 4 is 12.0 Å². The number of nitrogens with one attached hydrogen (secondary N) is 1. The van der Waals surface area contributed by atoms with Gasteiger partial charge < -0.3 is 33.6 Å². The van der Waals surface area contributed by atoms with Crippen molar-refractivity contribution in [1.82, 2.24) is 15.2 Å². The third-order valence-electron chi connectivity index (χ3n) is 5.86. The average Bonchev–Trinajstić information content (AvgIpc) is 3.57. The number of oxazole rings is 1. The highest BCUT2D eigenvalue weighted by Gasteiger charge is 2.31. The van der Waals surface area contributed by atoms with Gasteiger partial charge in [-0.15, -0.1) is 0 Å². The van der Waals surface area contributed by atoms with E-state index in [1.807, 2.05) is 0 Å². The number of amides is 2. The molecule has 10 nitrogen and oxygen atoms in total. The smallest absolute Gasteiger partial charge is 0.408 e. The minimum Gasteiger partial charge on any atom is -0.489 e. The number of nitrogens with zero attached hydrogens (tertiary/aromatic N) is 2. The van der Waals surface area contributed by atoms with Gasteiger partial charge in [0.1, 0.15) is 5.60 Å². The van der Waals surface area contributed by atoms with Gasteiger partial charge in [-0.1, -0.05) is 0 Å². The Labute approximate surface area is 219 Å². The molecule has 1 saturated carbocycles. The van der Waals surface area contributed by atoms with Crippen LogP contribution in [0.5, 0.6) is 11.5 Å². The van der Waals surface area contributed by atoms with Gasteiger partial charge in [0.15, 0.2) is 23.0 Å². The number of carbonyl (C=O) groups excluding carboxylic acids is 2. The molecule has 1 unspecified atom stereocenters. The molecule has 38 heavy (non-hydrogen) atoms. The van der Waals surface area contributed by atoms with E-state index in [0.29, 0.717) is 44.4 Å². The second-order valence-electron chi connectivity index (χ2n) is 10.3. The Bertz CT molecular complexity index is 1140. The van der Waals surface area contributed by atoms with Crippen molar-refractivity contribution in [2.75, 3.05) is 32.9 Å². The van der Waals surface area contributed by atoms with Gasteiger partial charge in [0.25, 0.3) is 5.91 Å². The molecule has 2 aromatic rings. The third-order valence-corrected chi connectivity index (χ3v) is 5.86. The van der Waals surface area contributed by atoms with Crippen molar-refractivity contribution in [1.29, 1.82) is 0 Å². The second kappa shape index (κ2) is 11.5. The Kier molecular flexibility index (Phi) is 8.39. The topological polar surface area (TPSA) is 112 Å². The predicted molar refractivity (Wildman–Crippen MR) is 131 cm³/mol. The van der Waals surface area contributed by atoms with Crippen LogP contribution in [0.15, 0.2) is 22.6 Å². The summed E-state index contributed by atoms with van der Waals surface area (Å²) in [6.07, 6.45) is 1.35. The standard InChI is InChI=1S/C26H33F2N3O7/c1-15(29-25(33)38-26(2,3)4)21-20(23(32)31-9-11-34-12-10-31)30-22(37-21)17-7-8-18(36-24(27)28)19(13-17)35-14-16-5-6-16/h7-8,13,15-16,24H,5-6,9-12,14H2,1-4H3,(H,29,33). The first-order valence-electron chi connectivity index (χ1n) is 12.6. The number of carbonyl (C=O) groups is 2. The van der Waals surface area contributed by atoms with Crippen LogP contribution in [-0.2, 0) is 9.47 Å². The number of hydrogen-bond donors (Lipinski definition) is 1. The Balaban J connectivity index is 1.66. The van der Waals surface area contributed by atoms with E-state index in [4.69, 9.17) is 18.6 Å². The molecule has 12 heteroatoms. The summed E-state index contributed by atoms with van der Waals surface area (Å²) in [4.78, 5) is 31.9. The molecule has 2 aliphatic rings. The van der Waals surface area contributed by atoms with Crippen molar-refractivity contribution in [3.05, 3.63) is 29.7 Å². The van der Waals surface area contributed by atoms with Crippen LogP contribution in [0.2, 0.25) is 0 Å². The maximum absolute atomic E-state index is 13.4. The number of rotatable bonds is 9. The maximum Gasteiger partial charge on any atom is 0.408 e. The molecule has 1 aromatic carbocycles. The lowest BCUT2D eigenvalue weighted by atomic mass is 10.2. The molecule has 208 valence electrons. The first kappa shape index (κ1) is 27.6. The number of alkyl carbamates (subject to hydrolysis) is 1. The molecule has 0 radical (unpaired) electrons. The number of aromatic nitrogens is 1. The Morgan fingerprint density at radius 3 is 2.53 bits per heavy atom. The van der Waals surface area contributed by atoms with Crippen molar-refractivity contribution in [3.8, 4) is 23.0 Å². The highest BCUT2D eigenvalue weighted by Crippen LogP contribution is 2.37. The van der Waals surface area contributed by atoms with E-state index < -0.39 is 24.3 Å². The van der Waals surface area contributed by atoms with E-state index in [1.165, 1.54) is 18.2 Å². The Morgan fingerprint density at radius 2 is 1.89 bits per heavy atom. The highest BCUT2D eigenvalue weighted by molar-refractivity contribution is 5.94. The molecule has 0 bridgehead atoms. The lowest BCUT2D eigenvalue weighted by molar-refractivity contribution is -0.0515. The summed E-state index contributed by atoms with van der Waals surface area (Å²) in [7, 11) is 0. The van der Waals surface area contributed by atoms with Gasteiger partial charge in [-0.05, 0) is 64.7 Å². The molecule has 1 aliphatic carbocycles. The lowest BCUT2D eigenvalue weighted by Gasteiger charge is -2.26. The van der Waals surface area contributed by atoms with E-state index in [0.717, 1.165) is 12.8 Å². The summed E-state index contributed by atoms with van der Waals surface area (Å²) < 4.78 is 53.0. The molecule has 1 aromatic heterocycles. The largest absolute Gasteiger partial charge is 0.489 e. The van der Waals surface area contributed by atoms with Crippen LogP contribution >= 0.6 is 0 Å². The summed E-state index contributed by atoms with van der Waals surface area (Å²) in [5.41, 5.74) is -0.301. The molecule has 2 amide bonds. The summed E-state index contributed by atoms with van der Waals surface area (Å²) in [6, 6.07) is 3.56. The van der Waals surface area contributed by atoms with Crippen LogP contribution in [-0.4, -0.2) is 67.0 Å². The SMILES string of the molecule is CC(NC(=O)OC(C)(C)C)c1oc(-c2ccc(OC(F)F)c(OCC3CC3)c2)nc1C(=O)N1CCOCC1. The fourth-order valence-electron chi connectivity index (χ4n) is 3.81. The van der Waals surface area contributed by atoms with Gasteiger partial charge in [0.2, 0.25) is 5.89 Å². The van der Waals surface area contributed by atoms with Crippen molar-refractivity contribution in [3.63, 3.8) is 0 Å². The van der Waals surface area contributed by atoms with Crippen LogP contribution in [0.3, 0.4) is 0 Å². The summed E-state index contributed by atoms with van der Waals surface area (Å²) >= 11 is 0. The number of ether oxygens (including phenoxy) is 4. The maximum atomic E-state index is 13.4. The zero-order chi connectivity index (χ0) is 27.4. The number of hydrogen-bond acceptors (Lipinski definition) is 8. The molecular weight excluding hydrogens is 504 g/mol.